The van der Waals surface area contributed by atoms with Crippen molar-refractivity contribution in [1.29, 1.82) is 0 Å². The fourth-order valence-electron chi connectivity index (χ4n) is 2.73. The van der Waals surface area contributed by atoms with Crippen molar-refractivity contribution in [3.8, 4) is 5.88 Å². The Kier molecular flexibility index (Phi) is 7.22. The van der Waals surface area contributed by atoms with Gasteiger partial charge in [0.15, 0.2) is 0 Å². The fourth-order valence-corrected chi connectivity index (χ4v) is 2.94. The normalized spacial score (nSPS) is 11.7. The molecule has 0 radical (unpaired) electrons. The van der Waals surface area contributed by atoms with Crippen molar-refractivity contribution in [3.05, 3.63) is 69.4 Å². The highest BCUT2D eigenvalue weighted by Gasteiger charge is 2.14. The quantitative estimate of drug-likeness (QED) is 0.709. The third kappa shape index (κ3) is 5.33. The maximum atomic E-state index is 12.3. The minimum absolute atomic E-state index is 0.158. The zero-order valence-electron chi connectivity index (χ0n) is 15.7. The van der Waals surface area contributed by atoms with Crippen LogP contribution in [0.2, 0.25) is 0 Å². The highest BCUT2D eigenvalue weighted by atomic mass is 35.5. The first-order chi connectivity index (χ1) is 12.4. The van der Waals surface area contributed by atoms with Crippen LogP contribution >= 0.6 is 11.6 Å². The van der Waals surface area contributed by atoms with Crippen molar-refractivity contribution in [2.75, 3.05) is 0 Å². The van der Waals surface area contributed by atoms with Crippen molar-refractivity contribution < 1.29 is 9.53 Å². The molecule has 1 amide bonds. The van der Waals surface area contributed by atoms with Crippen LogP contribution < -0.4 is 10.1 Å². The SMILES string of the molecule is CC/C(C(=O)NCc1c(C)cc(C)nc1OCc1ccccc1)=C(\C)Cl. The van der Waals surface area contributed by atoms with Crippen LogP contribution in [0.15, 0.2) is 47.0 Å². The molecule has 0 saturated carbocycles. The van der Waals surface area contributed by atoms with Gasteiger partial charge in [0.1, 0.15) is 6.61 Å². The molecule has 26 heavy (non-hydrogen) atoms. The van der Waals surface area contributed by atoms with Crippen molar-refractivity contribution >= 4 is 17.5 Å². The predicted molar refractivity (Wildman–Crippen MR) is 105 cm³/mol. The summed E-state index contributed by atoms with van der Waals surface area (Å²) in [5, 5.41) is 3.45. The number of rotatable bonds is 7. The largest absolute Gasteiger partial charge is 0.473 e. The number of hydrogen-bond acceptors (Lipinski definition) is 3. The van der Waals surface area contributed by atoms with E-state index in [9.17, 15) is 4.79 Å². The minimum atomic E-state index is -0.158. The molecular weight excluding hydrogens is 348 g/mol. The summed E-state index contributed by atoms with van der Waals surface area (Å²) in [6.45, 7) is 8.34. The van der Waals surface area contributed by atoms with E-state index >= 15 is 0 Å². The molecule has 5 heteroatoms. The average molecular weight is 373 g/mol. The molecule has 0 aliphatic carbocycles. The Morgan fingerprint density at radius 1 is 1.23 bits per heavy atom. The third-order valence-corrected chi connectivity index (χ3v) is 4.35. The number of hydrogen-bond donors (Lipinski definition) is 1. The van der Waals surface area contributed by atoms with Crippen LogP contribution in [-0.2, 0) is 17.9 Å². The summed E-state index contributed by atoms with van der Waals surface area (Å²) >= 11 is 6.00. The number of pyridine rings is 1. The third-order valence-electron chi connectivity index (χ3n) is 4.13. The van der Waals surface area contributed by atoms with Crippen LogP contribution in [0.1, 0.15) is 42.7 Å². The van der Waals surface area contributed by atoms with Gasteiger partial charge >= 0.3 is 0 Å². The molecule has 1 aromatic heterocycles. The van der Waals surface area contributed by atoms with Gasteiger partial charge in [-0.3, -0.25) is 4.79 Å². The van der Waals surface area contributed by atoms with Crippen molar-refractivity contribution in [3.63, 3.8) is 0 Å². The summed E-state index contributed by atoms with van der Waals surface area (Å²) in [6.07, 6.45) is 0.587. The number of nitrogens with zero attached hydrogens (tertiary/aromatic N) is 1. The van der Waals surface area contributed by atoms with E-state index in [1.54, 1.807) is 6.92 Å². The van der Waals surface area contributed by atoms with Gasteiger partial charge in [-0.2, -0.15) is 0 Å². The first-order valence-electron chi connectivity index (χ1n) is 8.69. The zero-order valence-corrected chi connectivity index (χ0v) is 16.5. The van der Waals surface area contributed by atoms with Crippen molar-refractivity contribution in [2.24, 2.45) is 0 Å². The lowest BCUT2D eigenvalue weighted by atomic mass is 10.1. The Morgan fingerprint density at radius 2 is 1.92 bits per heavy atom. The topological polar surface area (TPSA) is 51.2 Å². The van der Waals surface area contributed by atoms with Gasteiger partial charge in [0.05, 0.1) is 0 Å². The lowest BCUT2D eigenvalue weighted by Crippen LogP contribution is -2.25. The second kappa shape index (κ2) is 9.39. The smallest absolute Gasteiger partial charge is 0.248 e. The molecule has 0 aliphatic heterocycles. The van der Waals surface area contributed by atoms with Crippen LogP contribution in [0.3, 0.4) is 0 Å². The van der Waals surface area contributed by atoms with E-state index in [-0.39, 0.29) is 5.91 Å². The first-order valence-corrected chi connectivity index (χ1v) is 9.07. The first kappa shape index (κ1) is 20.0. The van der Waals surface area contributed by atoms with Crippen LogP contribution in [0.4, 0.5) is 0 Å². The molecule has 0 saturated heterocycles. The molecule has 0 spiro atoms. The Labute approximate surface area is 160 Å². The zero-order chi connectivity index (χ0) is 19.1. The van der Waals surface area contributed by atoms with Crippen LogP contribution in [0.25, 0.3) is 0 Å². The molecule has 2 aromatic rings. The maximum absolute atomic E-state index is 12.3. The lowest BCUT2D eigenvalue weighted by molar-refractivity contribution is -0.117. The van der Waals surface area contributed by atoms with Crippen LogP contribution in [-0.4, -0.2) is 10.9 Å². The van der Waals surface area contributed by atoms with Gasteiger partial charge in [-0.05, 0) is 44.4 Å². The van der Waals surface area contributed by atoms with Crippen LogP contribution in [0.5, 0.6) is 5.88 Å². The molecule has 0 unspecified atom stereocenters. The number of ether oxygens (including phenoxy) is 1. The molecule has 0 fully saturated rings. The molecule has 4 nitrogen and oxygen atoms in total. The van der Waals surface area contributed by atoms with Crippen molar-refractivity contribution in [1.82, 2.24) is 10.3 Å². The van der Waals surface area contributed by atoms with Crippen LogP contribution in [0, 0.1) is 13.8 Å². The summed E-state index contributed by atoms with van der Waals surface area (Å²) in [6, 6.07) is 11.9. The Morgan fingerprint density at radius 3 is 2.54 bits per heavy atom. The van der Waals surface area contributed by atoms with E-state index < -0.39 is 0 Å². The Bertz CT molecular complexity index is 797. The van der Waals surface area contributed by atoms with Gasteiger partial charge in [-0.15, -0.1) is 0 Å². The number of allylic oxidation sites excluding steroid dienone is 1. The fraction of sp³-hybridized carbons (Fsp3) is 0.333. The number of aromatic nitrogens is 1. The summed E-state index contributed by atoms with van der Waals surface area (Å²) in [4.78, 5) is 16.9. The number of nitrogens with one attached hydrogen (secondary N) is 1. The molecule has 1 N–H and O–H groups in total. The van der Waals surface area contributed by atoms with Gasteiger partial charge in [-0.1, -0.05) is 48.9 Å². The second-order valence-corrected chi connectivity index (χ2v) is 6.75. The van der Waals surface area contributed by atoms with Gasteiger partial charge in [0.2, 0.25) is 11.8 Å². The Balaban J connectivity index is 2.17. The summed E-state index contributed by atoms with van der Waals surface area (Å²) in [5.74, 6) is 0.394. The van der Waals surface area contributed by atoms with E-state index in [2.05, 4.69) is 10.3 Å². The van der Waals surface area contributed by atoms with Gasteiger partial charge in [0, 0.05) is 28.4 Å². The molecule has 0 aliphatic rings. The van der Waals surface area contributed by atoms with Gasteiger partial charge < -0.3 is 10.1 Å². The van der Waals surface area contributed by atoms with E-state index in [0.29, 0.717) is 36.1 Å². The minimum Gasteiger partial charge on any atom is -0.473 e. The summed E-state index contributed by atoms with van der Waals surface area (Å²) in [5.41, 5.74) is 4.45. The molecule has 1 heterocycles. The van der Waals surface area contributed by atoms with Gasteiger partial charge in [-0.25, -0.2) is 4.98 Å². The lowest BCUT2D eigenvalue weighted by Gasteiger charge is -2.15. The van der Waals surface area contributed by atoms with Crippen molar-refractivity contribution in [2.45, 2.75) is 47.3 Å². The molecule has 0 bridgehead atoms. The number of aryl methyl sites for hydroxylation is 2. The maximum Gasteiger partial charge on any atom is 0.248 e. The molecule has 1 aromatic carbocycles. The number of carbonyl (C=O) groups excluding carboxylic acids is 1. The highest BCUT2D eigenvalue weighted by molar-refractivity contribution is 6.31. The molecule has 138 valence electrons. The van der Waals surface area contributed by atoms with E-state index in [4.69, 9.17) is 16.3 Å². The van der Waals surface area contributed by atoms with E-state index in [1.165, 1.54) is 0 Å². The summed E-state index contributed by atoms with van der Waals surface area (Å²) in [7, 11) is 0. The monoisotopic (exact) mass is 372 g/mol. The number of amides is 1. The highest BCUT2D eigenvalue weighted by Crippen LogP contribution is 2.22. The number of carbonyl (C=O) groups is 1. The summed E-state index contributed by atoms with van der Waals surface area (Å²) < 4.78 is 5.95. The standard InChI is InChI=1S/C21H25ClN2O2/c1-5-18(16(4)22)20(25)23-12-19-14(2)11-15(3)24-21(19)26-13-17-9-7-6-8-10-17/h6-11H,5,12-13H2,1-4H3,(H,23,25)/b18-16-. The number of benzene rings is 1. The average Bonchev–Trinajstić information content (AvgIpc) is 2.60. The molecule has 0 atom stereocenters. The Hall–Kier alpha value is -2.33. The van der Waals surface area contributed by atoms with E-state index in [1.807, 2.05) is 57.2 Å². The van der Waals surface area contributed by atoms with E-state index in [0.717, 1.165) is 22.4 Å². The second-order valence-electron chi connectivity index (χ2n) is 6.19. The van der Waals surface area contributed by atoms with Gasteiger partial charge in [0.25, 0.3) is 0 Å². The molecule has 2 rings (SSSR count). The molecular formula is C21H25ClN2O2. The number of halogens is 1. The predicted octanol–water partition coefficient (Wildman–Crippen LogP) is 4.82.